The average Bonchev–Trinajstić information content (AvgIpc) is 3.07. The van der Waals surface area contributed by atoms with Crippen molar-refractivity contribution in [2.75, 3.05) is 13.6 Å². The van der Waals surface area contributed by atoms with Gasteiger partial charge in [-0.2, -0.15) is 0 Å². The highest BCUT2D eigenvalue weighted by atomic mass is 127. The van der Waals surface area contributed by atoms with Gasteiger partial charge in [0.05, 0.1) is 4.90 Å². The SMILES string of the molecule is CN=C(NCc1ccc(S(N)(=O)=O)cc1)NCC(C)Cc1cccs1.I. The first-order chi connectivity index (χ1) is 11.9. The largest absolute Gasteiger partial charge is 0.356 e. The minimum Gasteiger partial charge on any atom is -0.356 e. The molecular formula is C17H25IN4O2S2. The van der Waals surface area contributed by atoms with Gasteiger partial charge in [-0.25, -0.2) is 13.6 Å². The first-order valence-corrected chi connectivity index (χ1v) is 10.4. The molecule has 6 nitrogen and oxygen atoms in total. The zero-order valence-electron chi connectivity index (χ0n) is 14.8. The highest BCUT2D eigenvalue weighted by Gasteiger charge is 2.08. The Morgan fingerprint density at radius 3 is 2.46 bits per heavy atom. The molecule has 1 aromatic carbocycles. The lowest BCUT2D eigenvalue weighted by Crippen LogP contribution is -2.39. The number of hydrogen-bond acceptors (Lipinski definition) is 4. The summed E-state index contributed by atoms with van der Waals surface area (Å²) < 4.78 is 22.5. The molecule has 1 aromatic heterocycles. The molecule has 0 bridgehead atoms. The molecular weight excluding hydrogens is 483 g/mol. The van der Waals surface area contributed by atoms with E-state index in [1.165, 1.54) is 17.0 Å². The molecule has 26 heavy (non-hydrogen) atoms. The lowest BCUT2D eigenvalue weighted by molar-refractivity contribution is 0.562. The van der Waals surface area contributed by atoms with Crippen molar-refractivity contribution >= 4 is 51.3 Å². The number of nitrogens with two attached hydrogens (primary N) is 1. The number of benzene rings is 1. The normalized spacial score (nSPS) is 13.0. The second kappa shape index (κ2) is 10.9. The maximum atomic E-state index is 11.3. The van der Waals surface area contributed by atoms with Crippen LogP contribution in [0.4, 0.5) is 0 Å². The Balaban J connectivity index is 0.00000338. The molecule has 9 heteroatoms. The predicted octanol–water partition coefficient (Wildman–Crippen LogP) is 2.56. The maximum Gasteiger partial charge on any atom is 0.238 e. The number of sulfonamides is 1. The first-order valence-electron chi connectivity index (χ1n) is 7.97. The van der Waals surface area contributed by atoms with E-state index in [-0.39, 0.29) is 28.9 Å². The molecule has 1 heterocycles. The molecule has 0 spiro atoms. The smallest absolute Gasteiger partial charge is 0.238 e. The van der Waals surface area contributed by atoms with Gasteiger partial charge in [-0.05, 0) is 41.5 Å². The van der Waals surface area contributed by atoms with E-state index in [1.807, 2.05) is 0 Å². The van der Waals surface area contributed by atoms with Gasteiger partial charge in [0.1, 0.15) is 0 Å². The molecule has 1 atom stereocenters. The molecule has 0 aliphatic rings. The van der Waals surface area contributed by atoms with Crippen LogP contribution in [0.15, 0.2) is 51.7 Å². The van der Waals surface area contributed by atoms with Gasteiger partial charge in [-0.15, -0.1) is 35.3 Å². The number of primary sulfonamides is 1. The van der Waals surface area contributed by atoms with Crippen LogP contribution in [0.2, 0.25) is 0 Å². The van der Waals surface area contributed by atoms with Crippen molar-refractivity contribution in [3.05, 3.63) is 52.2 Å². The average molecular weight is 508 g/mol. The minimum absolute atomic E-state index is 0. The highest BCUT2D eigenvalue weighted by Crippen LogP contribution is 2.13. The van der Waals surface area contributed by atoms with Crippen LogP contribution < -0.4 is 15.8 Å². The summed E-state index contributed by atoms with van der Waals surface area (Å²) in [6.45, 7) is 3.57. The van der Waals surface area contributed by atoms with E-state index in [9.17, 15) is 8.42 Å². The number of guanidine groups is 1. The summed E-state index contributed by atoms with van der Waals surface area (Å²) >= 11 is 1.78. The van der Waals surface area contributed by atoms with Gasteiger partial charge in [0.2, 0.25) is 10.0 Å². The molecule has 0 amide bonds. The van der Waals surface area contributed by atoms with Crippen LogP contribution >= 0.6 is 35.3 Å². The Bertz CT molecular complexity index is 791. The summed E-state index contributed by atoms with van der Waals surface area (Å²) in [4.78, 5) is 5.70. The van der Waals surface area contributed by atoms with Gasteiger partial charge in [0.25, 0.3) is 0 Å². The van der Waals surface area contributed by atoms with Crippen LogP contribution in [-0.2, 0) is 23.0 Å². The second-order valence-corrected chi connectivity index (χ2v) is 8.48. The van der Waals surface area contributed by atoms with Crippen molar-refractivity contribution in [2.24, 2.45) is 16.0 Å². The predicted molar refractivity (Wildman–Crippen MR) is 119 cm³/mol. The molecule has 0 aliphatic heterocycles. The molecule has 2 rings (SSSR count). The van der Waals surface area contributed by atoms with Crippen LogP contribution in [0.3, 0.4) is 0 Å². The summed E-state index contributed by atoms with van der Waals surface area (Å²) in [6, 6.07) is 10.7. The van der Waals surface area contributed by atoms with Crippen molar-refractivity contribution < 1.29 is 8.42 Å². The van der Waals surface area contributed by atoms with E-state index < -0.39 is 10.0 Å². The molecule has 0 saturated carbocycles. The Labute approximate surface area is 176 Å². The number of nitrogens with zero attached hydrogens (tertiary/aromatic N) is 1. The molecule has 0 fully saturated rings. The molecule has 4 N–H and O–H groups in total. The fourth-order valence-electron chi connectivity index (χ4n) is 2.32. The van der Waals surface area contributed by atoms with E-state index in [0.717, 1.165) is 18.5 Å². The molecule has 2 aromatic rings. The number of aliphatic imine (C=N–C) groups is 1. The Hall–Kier alpha value is -1.17. The zero-order chi connectivity index (χ0) is 18.3. The number of nitrogens with one attached hydrogen (secondary N) is 2. The standard InChI is InChI=1S/C17H24N4O2S2.HI/c1-13(10-15-4-3-9-24-15)11-20-17(19-2)21-12-14-5-7-16(8-6-14)25(18,22)23;/h3-9,13H,10-12H2,1-2H3,(H2,18,22,23)(H2,19,20,21);1H. The minimum atomic E-state index is -3.65. The number of thiophene rings is 1. The number of halogens is 1. The van der Waals surface area contributed by atoms with Gasteiger partial charge in [-0.1, -0.05) is 25.1 Å². The van der Waals surface area contributed by atoms with Crippen molar-refractivity contribution in [1.82, 2.24) is 10.6 Å². The van der Waals surface area contributed by atoms with Gasteiger partial charge >= 0.3 is 0 Å². The van der Waals surface area contributed by atoms with Crippen LogP contribution in [0.1, 0.15) is 17.4 Å². The molecule has 1 unspecified atom stereocenters. The number of rotatable bonds is 7. The van der Waals surface area contributed by atoms with E-state index in [4.69, 9.17) is 5.14 Å². The van der Waals surface area contributed by atoms with Crippen molar-refractivity contribution in [1.29, 1.82) is 0 Å². The second-order valence-electron chi connectivity index (χ2n) is 5.88. The molecule has 144 valence electrons. The number of hydrogen-bond donors (Lipinski definition) is 3. The fourth-order valence-corrected chi connectivity index (χ4v) is 3.70. The van der Waals surface area contributed by atoms with Crippen molar-refractivity contribution in [3.8, 4) is 0 Å². The Morgan fingerprint density at radius 1 is 1.23 bits per heavy atom. The summed E-state index contributed by atoms with van der Waals surface area (Å²) in [5.74, 6) is 1.21. The topological polar surface area (TPSA) is 96.6 Å². The van der Waals surface area contributed by atoms with Crippen LogP contribution in [0.5, 0.6) is 0 Å². The summed E-state index contributed by atoms with van der Waals surface area (Å²) in [5, 5.41) is 13.7. The quantitative estimate of drug-likeness (QED) is 0.304. The monoisotopic (exact) mass is 508 g/mol. The summed E-state index contributed by atoms with van der Waals surface area (Å²) in [7, 11) is -1.93. The maximum absolute atomic E-state index is 11.3. The van der Waals surface area contributed by atoms with Gasteiger partial charge in [0.15, 0.2) is 5.96 Å². The molecule has 0 saturated heterocycles. The summed E-state index contributed by atoms with van der Waals surface area (Å²) in [6.07, 6.45) is 1.04. The first kappa shape index (κ1) is 22.9. The Morgan fingerprint density at radius 2 is 1.92 bits per heavy atom. The van der Waals surface area contributed by atoms with Crippen molar-refractivity contribution in [2.45, 2.75) is 24.8 Å². The van der Waals surface area contributed by atoms with Gasteiger partial charge < -0.3 is 10.6 Å². The van der Waals surface area contributed by atoms with Gasteiger partial charge in [-0.3, -0.25) is 4.99 Å². The highest BCUT2D eigenvalue weighted by molar-refractivity contribution is 14.0. The van der Waals surface area contributed by atoms with E-state index in [1.54, 1.807) is 30.5 Å². The lowest BCUT2D eigenvalue weighted by atomic mass is 10.1. The van der Waals surface area contributed by atoms with Gasteiger partial charge in [0, 0.05) is 25.0 Å². The summed E-state index contributed by atoms with van der Waals surface area (Å²) in [5.41, 5.74) is 0.946. The Kier molecular flexibility index (Phi) is 9.55. The van der Waals surface area contributed by atoms with E-state index >= 15 is 0 Å². The third-order valence-corrected chi connectivity index (χ3v) is 5.51. The third-order valence-electron chi connectivity index (χ3n) is 3.68. The fraction of sp³-hybridized carbons (Fsp3) is 0.353. The lowest BCUT2D eigenvalue weighted by Gasteiger charge is -2.15. The van der Waals surface area contributed by atoms with Crippen LogP contribution in [0, 0.1) is 5.92 Å². The van der Waals surface area contributed by atoms with E-state index in [0.29, 0.717) is 18.4 Å². The zero-order valence-corrected chi connectivity index (χ0v) is 18.8. The van der Waals surface area contributed by atoms with E-state index in [2.05, 4.69) is 40.1 Å². The van der Waals surface area contributed by atoms with Crippen LogP contribution in [0.25, 0.3) is 0 Å². The van der Waals surface area contributed by atoms with Crippen LogP contribution in [-0.4, -0.2) is 28.0 Å². The molecule has 0 aliphatic carbocycles. The third kappa shape index (κ3) is 7.60. The van der Waals surface area contributed by atoms with Crippen molar-refractivity contribution in [3.63, 3.8) is 0 Å². The molecule has 0 radical (unpaired) electrons.